The van der Waals surface area contributed by atoms with Gasteiger partial charge in [0.2, 0.25) is 5.91 Å². The first-order valence-corrected chi connectivity index (χ1v) is 9.11. The van der Waals surface area contributed by atoms with Crippen molar-refractivity contribution in [3.63, 3.8) is 0 Å². The number of likely N-dealkylation sites (tertiary alicyclic amines) is 1. The van der Waals surface area contributed by atoms with Crippen LogP contribution in [0.1, 0.15) is 42.1 Å². The van der Waals surface area contributed by atoms with Gasteiger partial charge in [0.1, 0.15) is 0 Å². The summed E-state index contributed by atoms with van der Waals surface area (Å²) in [5.41, 5.74) is 1.54. The molecule has 0 aromatic heterocycles. The van der Waals surface area contributed by atoms with Crippen LogP contribution < -0.4 is 10.6 Å². The molecule has 1 heterocycles. The van der Waals surface area contributed by atoms with Crippen molar-refractivity contribution in [2.45, 2.75) is 32.7 Å². The van der Waals surface area contributed by atoms with Crippen LogP contribution in [0.25, 0.3) is 0 Å². The van der Waals surface area contributed by atoms with Crippen LogP contribution in [0.4, 0.5) is 0 Å². The van der Waals surface area contributed by atoms with Gasteiger partial charge in [-0.15, -0.1) is 24.0 Å². The zero-order chi connectivity index (χ0) is 18.8. The number of nitrogens with zero attached hydrogens (tertiary/aromatic N) is 2. The van der Waals surface area contributed by atoms with E-state index in [1.807, 2.05) is 24.0 Å². The highest BCUT2D eigenvalue weighted by molar-refractivity contribution is 14.0. The summed E-state index contributed by atoms with van der Waals surface area (Å²) < 4.78 is 4.69. The first kappa shape index (κ1) is 23.2. The third kappa shape index (κ3) is 7.74. The molecule has 0 radical (unpaired) electrons. The Morgan fingerprint density at radius 3 is 2.59 bits per heavy atom. The zero-order valence-electron chi connectivity index (χ0n) is 16.0. The minimum atomic E-state index is -0.341. The summed E-state index contributed by atoms with van der Waals surface area (Å²) in [4.78, 5) is 29.5. The van der Waals surface area contributed by atoms with Crippen molar-refractivity contribution in [1.29, 1.82) is 0 Å². The normalized spacial score (nSPS) is 13.9. The highest BCUT2D eigenvalue weighted by atomic mass is 127. The summed E-state index contributed by atoms with van der Waals surface area (Å²) >= 11 is 0. The monoisotopic (exact) mass is 488 g/mol. The number of guanidine groups is 1. The molecule has 1 aromatic carbocycles. The van der Waals surface area contributed by atoms with Gasteiger partial charge >= 0.3 is 5.97 Å². The van der Waals surface area contributed by atoms with Crippen LogP contribution in [0.2, 0.25) is 0 Å². The molecular weight excluding hydrogens is 459 g/mol. The quantitative estimate of drug-likeness (QED) is 0.193. The van der Waals surface area contributed by atoms with Crippen LogP contribution in [-0.4, -0.2) is 56.0 Å². The maximum Gasteiger partial charge on any atom is 0.337 e. The summed E-state index contributed by atoms with van der Waals surface area (Å²) in [6.07, 6.45) is 2.56. The Morgan fingerprint density at radius 1 is 1.26 bits per heavy atom. The molecule has 0 aliphatic carbocycles. The number of carbonyl (C=O) groups excluding carboxylic acids is 2. The Morgan fingerprint density at radius 2 is 2.00 bits per heavy atom. The molecule has 1 amide bonds. The van der Waals surface area contributed by atoms with Gasteiger partial charge in [-0.05, 0) is 37.5 Å². The Hall–Kier alpha value is -1.84. The Labute approximate surface area is 178 Å². The van der Waals surface area contributed by atoms with Gasteiger partial charge in [0.15, 0.2) is 5.96 Å². The van der Waals surface area contributed by atoms with Gasteiger partial charge in [-0.25, -0.2) is 9.79 Å². The molecule has 1 aromatic rings. The van der Waals surface area contributed by atoms with Gasteiger partial charge in [0.05, 0.1) is 19.2 Å². The molecule has 1 fully saturated rings. The summed E-state index contributed by atoms with van der Waals surface area (Å²) in [5.74, 6) is 0.671. The van der Waals surface area contributed by atoms with Crippen LogP contribution in [0.3, 0.4) is 0 Å². The summed E-state index contributed by atoms with van der Waals surface area (Å²) in [7, 11) is 1.37. The van der Waals surface area contributed by atoms with E-state index >= 15 is 0 Å². The minimum absolute atomic E-state index is 0. The van der Waals surface area contributed by atoms with E-state index in [2.05, 4.69) is 15.6 Å². The molecule has 150 valence electrons. The van der Waals surface area contributed by atoms with Crippen LogP contribution in [0.5, 0.6) is 0 Å². The highest BCUT2D eigenvalue weighted by Crippen LogP contribution is 2.09. The van der Waals surface area contributed by atoms with Gasteiger partial charge < -0.3 is 20.3 Å². The predicted molar refractivity (Wildman–Crippen MR) is 116 cm³/mol. The molecule has 0 atom stereocenters. The summed E-state index contributed by atoms with van der Waals surface area (Å²) in [6.45, 7) is 5.75. The number of nitrogens with one attached hydrogen (secondary N) is 2. The van der Waals surface area contributed by atoms with E-state index in [4.69, 9.17) is 4.74 Å². The predicted octanol–water partition coefficient (Wildman–Crippen LogP) is 2.16. The maximum atomic E-state index is 11.6. The van der Waals surface area contributed by atoms with Crippen molar-refractivity contribution < 1.29 is 14.3 Å². The first-order chi connectivity index (χ1) is 12.6. The van der Waals surface area contributed by atoms with Crippen LogP contribution in [0, 0.1) is 0 Å². The molecule has 0 saturated carbocycles. The van der Waals surface area contributed by atoms with E-state index in [0.29, 0.717) is 18.5 Å². The number of benzene rings is 1. The zero-order valence-corrected chi connectivity index (χ0v) is 18.3. The molecule has 1 aliphatic heterocycles. The second-order valence-electron chi connectivity index (χ2n) is 6.15. The summed E-state index contributed by atoms with van der Waals surface area (Å²) in [5, 5.41) is 6.51. The molecular formula is C19H29IN4O3. The van der Waals surface area contributed by atoms with E-state index in [9.17, 15) is 9.59 Å². The summed E-state index contributed by atoms with van der Waals surface area (Å²) in [6, 6.07) is 7.23. The number of aliphatic imine (C=N–C) groups is 1. The van der Waals surface area contributed by atoms with Gasteiger partial charge in [0.25, 0.3) is 0 Å². The van der Waals surface area contributed by atoms with Crippen molar-refractivity contribution >= 4 is 41.8 Å². The fraction of sp³-hybridized carbons (Fsp3) is 0.526. The molecule has 1 saturated heterocycles. The average molecular weight is 488 g/mol. The van der Waals surface area contributed by atoms with Crippen molar-refractivity contribution in [1.82, 2.24) is 15.5 Å². The first-order valence-electron chi connectivity index (χ1n) is 9.11. The maximum absolute atomic E-state index is 11.6. The molecule has 8 heteroatoms. The fourth-order valence-corrected chi connectivity index (χ4v) is 2.79. The van der Waals surface area contributed by atoms with E-state index in [-0.39, 0.29) is 35.9 Å². The van der Waals surface area contributed by atoms with Crippen molar-refractivity contribution in [2.24, 2.45) is 4.99 Å². The SMILES string of the molecule is CCNC(=NCc1ccc(C(=O)OC)cc1)NCCCN1CCCC1=O.I. The van der Waals surface area contributed by atoms with Gasteiger partial charge in [-0.2, -0.15) is 0 Å². The lowest BCUT2D eigenvalue weighted by Crippen LogP contribution is -2.39. The highest BCUT2D eigenvalue weighted by Gasteiger charge is 2.18. The lowest BCUT2D eigenvalue weighted by Gasteiger charge is -2.16. The van der Waals surface area contributed by atoms with Crippen LogP contribution >= 0.6 is 24.0 Å². The number of hydrogen-bond acceptors (Lipinski definition) is 4. The Bertz CT molecular complexity index is 634. The molecule has 0 unspecified atom stereocenters. The lowest BCUT2D eigenvalue weighted by molar-refractivity contribution is -0.127. The number of carbonyl (C=O) groups is 2. The van der Waals surface area contributed by atoms with E-state index in [1.54, 1.807) is 12.1 Å². The van der Waals surface area contributed by atoms with E-state index in [0.717, 1.165) is 50.5 Å². The average Bonchev–Trinajstić information content (AvgIpc) is 3.07. The number of esters is 1. The largest absolute Gasteiger partial charge is 0.465 e. The second kappa shape index (κ2) is 12.5. The lowest BCUT2D eigenvalue weighted by atomic mass is 10.1. The Balaban J connectivity index is 0.00000364. The molecule has 0 spiro atoms. The smallest absolute Gasteiger partial charge is 0.337 e. The minimum Gasteiger partial charge on any atom is -0.465 e. The third-order valence-corrected chi connectivity index (χ3v) is 4.21. The molecule has 2 N–H and O–H groups in total. The number of methoxy groups -OCH3 is 1. The second-order valence-corrected chi connectivity index (χ2v) is 6.15. The van der Waals surface area contributed by atoms with E-state index in [1.165, 1.54) is 7.11 Å². The van der Waals surface area contributed by atoms with Crippen molar-refractivity contribution in [3.8, 4) is 0 Å². The third-order valence-electron chi connectivity index (χ3n) is 4.21. The number of halogens is 1. The topological polar surface area (TPSA) is 83.0 Å². The molecule has 27 heavy (non-hydrogen) atoms. The Kier molecular flexibility index (Phi) is 10.8. The molecule has 2 rings (SSSR count). The van der Waals surface area contributed by atoms with Crippen LogP contribution in [-0.2, 0) is 16.1 Å². The van der Waals surface area contributed by atoms with Crippen molar-refractivity contribution in [2.75, 3.05) is 33.3 Å². The molecule has 1 aliphatic rings. The molecule has 7 nitrogen and oxygen atoms in total. The van der Waals surface area contributed by atoms with Gasteiger partial charge in [-0.1, -0.05) is 12.1 Å². The van der Waals surface area contributed by atoms with Gasteiger partial charge in [0, 0.05) is 32.6 Å². The van der Waals surface area contributed by atoms with Gasteiger partial charge in [-0.3, -0.25) is 4.79 Å². The number of amides is 1. The van der Waals surface area contributed by atoms with E-state index < -0.39 is 0 Å². The number of hydrogen-bond donors (Lipinski definition) is 2. The number of ether oxygens (including phenoxy) is 1. The van der Waals surface area contributed by atoms with Crippen molar-refractivity contribution in [3.05, 3.63) is 35.4 Å². The number of rotatable bonds is 8. The standard InChI is InChI=1S/C19H28N4O3.HI/c1-3-20-19(21-11-5-13-23-12-4-6-17(23)24)22-14-15-7-9-16(10-8-15)18(25)26-2;/h7-10H,3-6,11-14H2,1-2H3,(H2,20,21,22);1H. The van der Waals surface area contributed by atoms with Crippen LogP contribution in [0.15, 0.2) is 29.3 Å². The fourth-order valence-electron chi connectivity index (χ4n) is 2.79. The molecule has 0 bridgehead atoms.